The van der Waals surface area contributed by atoms with E-state index >= 15 is 0 Å². The highest BCUT2D eigenvalue weighted by molar-refractivity contribution is 8.00. The van der Waals surface area contributed by atoms with Crippen molar-refractivity contribution < 1.29 is 9.53 Å². The van der Waals surface area contributed by atoms with Gasteiger partial charge in [0.2, 0.25) is 0 Å². The Balaban J connectivity index is 2.85. The number of rotatable bonds is 4. The van der Waals surface area contributed by atoms with Crippen LogP contribution in [0, 0.1) is 0 Å². The van der Waals surface area contributed by atoms with Crippen LogP contribution in [0.2, 0.25) is 0 Å². The maximum atomic E-state index is 12.2. The lowest BCUT2D eigenvalue weighted by atomic mass is 9.88. The number of esters is 1. The van der Waals surface area contributed by atoms with Gasteiger partial charge in [0.15, 0.2) is 0 Å². The molecular weight excluding hydrogens is 222 g/mol. The molecule has 16 heavy (non-hydrogen) atoms. The first-order valence-electron chi connectivity index (χ1n) is 6.09. The highest BCUT2D eigenvalue weighted by Crippen LogP contribution is 2.35. The molecule has 1 aliphatic rings. The summed E-state index contributed by atoms with van der Waals surface area (Å²) >= 11 is 1.86. The number of hydrogen-bond acceptors (Lipinski definition) is 4. The minimum Gasteiger partial charge on any atom is -0.465 e. The number of carbonyl (C=O) groups excluding carboxylic acids is 1. The normalized spacial score (nSPS) is 30.4. The van der Waals surface area contributed by atoms with Crippen molar-refractivity contribution in [1.82, 2.24) is 5.32 Å². The highest BCUT2D eigenvalue weighted by atomic mass is 32.2. The second-order valence-corrected chi connectivity index (χ2v) is 6.06. The molecule has 1 fully saturated rings. The zero-order valence-electron chi connectivity index (χ0n) is 10.7. The molecule has 0 amide bonds. The van der Waals surface area contributed by atoms with E-state index in [-0.39, 0.29) is 11.2 Å². The van der Waals surface area contributed by atoms with Gasteiger partial charge in [0.05, 0.1) is 6.61 Å². The van der Waals surface area contributed by atoms with Crippen LogP contribution in [-0.2, 0) is 9.53 Å². The van der Waals surface area contributed by atoms with Crippen molar-refractivity contribution in [3.8, 4) is 0 Å². The number of carbonyl (C=O) groups is 1. The Kier molecular flexibility index (Phi) is 5.12. The van der Waals surface area contributed by atoms with Crippen molar-refractivity contribution in [3.05, 3.63) is 0 Å². The summed E-state index contributed by atoms with van der Waals surface area (Å²) in [5, 5.41) is 3.71. The summed E-state index contributed by atoms with van der Waals surface area (Å²) in [6, 6.07) is 0.297. The topological polar surface area (TPSA) is 38.3 Å². The molecule has 94 valence electrons. The quantitative estimate of drug-likeness (QED) is 0.771. The van der Waals surface area contributed by atoms with E-state index in [2.05, 4.69) is 26.1 Å². The second kappa shape index (κ2) is 5.92. The van der Waals surface area contributed by atoms with Crippen LogP contribution in [-0.4, -0.2) is 35.2 Å². The first-order valence-corrected chi connectivity index (χ1v) is 7.14. The van der Waals surface area contributed by atoms with E-state index < -0.39 is 5.54 Å². The molecule has 1 heterocycles. The highest BCUT2D eigenvalue weighted by Gasteiger charge is 2.46. The first kappa shape index (κ1) is 13.8. The van der Waals surface area contributed by atoms with Gasteiger partial charge in [-0.3, -0.25) is 10.1 Å². The molecule has 0 radical (unpaired) electrons. The molecule has 1 rings (SSSR count). The Hall–Kier alpha value is -0.220. The first-order chi connectivity index (χ1) is 7.53. The SMILES string of the molecule is CCOC(=O)C1(NC(C)C)CCCSC1C. The van der Waals surface area contributed by atoms with Crippen LogP contribution in [0.1, 0.15) is 40.5 Å². The van der Waals surface area contributed by atoms with Crippen LogP contribution in [0.15, 0.2) is 0 Å². The fourth-order valence-corrected chi connectivity index (χ4v) is 3.48. The van der Waals surface area contributed by atoms with Gasteiger partial charge in [0.1, 0.15) is 5.54 Å². The molecule has 1 N–H and O–H groups in total. The molecule has 0 aromatic rings. The summed E-state index contributed by atoms with van der Waals surface area (Å²) < 4.78 is 5.24. The summed E-state index contributed by atoms with van der Waals surface area (Å²) in [5.74, 6) is 1.06. The average Bonchev–Trinajstić information content (AvgIpc) is 2.21. The maximum Gasteiger partial charge on any atom is 0.327 e. The zero-order chi connectivity index (χ0) is 12.2. The van der Waals surface area contributed by atoms with E-state index in [0.717, 1.165) is 18.6 Å². The Morgan fingerprint density at radius 1 is 1.62 bits per heavy atom. The smallest absolute Gasteiger partial charge is 0.327 e. The van der Waals surface area contributed by atoms with E-state index in [1.54, 1.807) is 0 Å². The molecule has 2 unspecified atom stereocenters. The van der Waals surface area contributed by atoms with Crippen LogP contribution in [0.4, 0.5) is 0 Å². The van der Waals surface area contributed by atoms with Gasteiger partial charge in [-0.05, 0) is 39.4 Å². The Labute approximate surface area is 103 Å². The summed E-state index contributed by atoms with van der Waals surface area (Å²) in [7, 11) is 0. The molecule has 0 aromatic heterocycles. The Morgan fingerprint density at radius 2 is 2.31 bits per heavy atom. The van der Waals surface area contributed by atoms with E-state index in [9.17, 15) is 4.79 Å². The van der Waals surface area contributed by atoms with Crippen molar-refractivity contribution in [2.75, 3.05) is 12.4 Å². The third kappa shape index (κ3) is 2.92. The zero-order valence-corrected chi connectivity index (χ0v) is 11.5. The molecule has 0 saturated carbocycles. The van der Waals surface area contributed by atoms with Crippen molar-refractivity contribution in [1.29, 1.82) is 0 Å². The third-order valence-electron chi connectivity index (χ3n) is 2.96. The molecular formula is C12H23NO2S. The minimum absolute atomic E-state index is 0.0802. The van der Waals surface area contributed by atoms with Crippen LogP contribution < -0.4 is 5.32 Å². The van der Waals surface area contributed by atoms with Gasteiger partial charge in [-0.15, -0.1) is 0 Å². The monoisotopic (exact) mass is 245 g/mol. The standard InChI is InChI=1S/C12H23NO2S/c1-5-15-11(14)12(13-9(2)3)7-6-8-16-10(12)4/h9-10,13H,5-8H2,1-4H3. The molecule has 0 aromatic carbocycles. The fourth-order valence-electron chi connectivity index (χ4n) is 2.25. The largest absolute Gasteiger partial charge is 0.465 e. The van der Waals surface area contributed by atoms with E-state index in [4.69, 9.17) is 4.74 Å². The number of hydrogen-bond donors (Lipinski definition) is 1. The van der Waals surface area contributed by atoms with Gasteiger partial charge in [0.25, 0.3) is 0 Å². The molecule has 1 aliphatic heterocycles. The van der Waals surface area contributed by atoms with Gasteiger partial charge in [0, 0.05) is 11.3 Å². The lowest BCUT2D eigenvalue weighted by molar-refractivity contribution is -0.152. The lowest BCUT2D eigenvalue weighted by Crippen LogP contribution is -2.62. The average molecular weight is 245 g/mol. The van der Waals surface area contributed by atoms with E-state index in [1.165, 1.54) is 0 Å². The Morgan fingerprint density at radius 3 is 2.81 bits per heavy atom. The predicted molar refractivity (Wildman–Crippen MR) is 68.8 cm³/mol. The van der Waals surface area contributed by atoms with Crippen LogP contribution in [0.5, 0.6) is 0 Å². The molecule has 0 bridgehead atoms. The van der Waals surface area contributed by atoms with Gasteiger partial charge < -0.3 is 4.74 Å². The maximum absolute atomic E-state index is 12.2. The van der Waals surface area contributed by atoms with Crippen LogP contribution in [0.3, 0.4) is 0 Å². The third-order valence-corrected chi connectivity index (χ3v) is 4.39. The van der Waals surface area contributed by atoms with E-state index in [0.29, 0.717) is 12.6 Å². The van der Waals surface area contributed by atoms with Crippen molar-refractivity contribution in [3.63, 3.8) is 0 Å². The Bertz CT molecular complexity index is 245. The van der Waals surface area contributed by atoms with Crippen molar-refractivity contribution in [2.24, 2.45) is 0 Å². The number of thioether (sulfide) groups is 1. The van der Waals surface area contributed by atoms with Crippen LogP contribution >= 0.6 is 11.8 Å². The summed E-state index contributed by atoms with van der Waals surface area (Å²) in [6.45, 7) is 8.59. The minimum atomic E-state index is -0.479. The van der Waals surface area contributed by atoms with Crippen LogP contribution in [0.25, 0.3) is 0 Å². The molecule has 2 atom stereocenters. The summed E-state index contributed by atoms with van der Waals surface area (Å²) in [4.78, 5) is 12.2. The molecule has 0 spiro atoms. The summed E-state index contributed by atoms with van der Waals surface area (Å²) in [5.41, 5.74) is -0.479. The fraction of sp³-hybridized carbons (Fsp3) is 0.917. The van der Waals surface area contributed by atoms with Crippen molar-refractivity contribution in [2.45, 2.75) is 57.4 Å². The second-order valence-electron chi connectivity index (χ2n) is 4.61. The van der Waals surface area contributed by atoms with Gasteiger partial charge in [-0.2, -0.15) is 11.8 Å². The molecule has 3 nitrogen and oxygen atoms in total. The molecule has 4 heteroatoms. The van der Waals surface area contributed by atoms with E-state index in [1.807, 2.05) is 18.7 Å². The summed E-state index contributed by atoms with van der Waals surface area (Å²) in [6.07, 6.45) is 1.96. The number of nitrogens with one attached hydrogen (secondary N) is 1. The predicted octanol–water partition coefficient (Wildman–Crippen LogP) is 2.20. The molecule has 0 aliphatic carbocycles. The molecule has 1 saturated heterocycles. The lowest BCUT2D eigenvalue weighted by Gasteiger charge is -2.41. The van der Waals surface area contributed by atoms with Gasteiger partial charge in [-0.1, -0.05) is 6.92 Å². The van der Waals surface area contributed by atoms with Gasteiger partial charge in [-0.25, -0.2) is 0 Å². The van der Waals surface area contributed by atoms with Gasteiger partial charge >= 0.3 is 5.97 Å². The number of ether oxygens (including phenoxy) is 1. The van der Waals surface area contributed by atoms with Crippen molar-refractivity contribution >= 4 is 17.7 Å².